The van der Waals surface area contributed by atoms with Gasteiger partial charge in [-0.1, -0.05) is 42.5 Å². The van der Waals surface area contributed by atoms with E-state index in [0.29, 0.717) is 18.7 Å². The smallest absolute Gasteiger partial charge is 0.255 e. The summed E-state index contributed by atoms with van der Waals surface area (Å²) in [5.41, 5.74) is 7.54. The molecule has 0 bridgehead atoms. The third kappa shape index (κ3) is 4.58. The van der Waals surface area contributed by atoms with Crippen LogP contribution in [0.4, 0.5) is 5.69 Å². The zero-order valence-electron chi connectivity index (χ0n) is 18.4. The van der Waals surface area contributed by atoms with Gasteiger partial charge in [0.25, 0.3) is 5.91 Å². The van der Waals surface area contributed by atoms with Crippen LogP contribution in [-0.4, -0.2) is 25.5 Å². The first kappa shape index (κ1) is 20.6. The number of hydrogen-bond acceptors (Lipinski definition) is 3. The second kappa shape index (κ2) is 8.60. The number of rotatable bonds is 6. The van der Waals surface area contributed by atoms with Crippen molar-refractivity contribution in [3.05, 3.63) is 100 Å². The topological polar surface area (TPSA) is 64.7 Å². The standard InChI is InChI=1S/C25H27N5O/c1-17-14-18(2)29(27-17)15-22-10-12-23(13-11-22)25(31)26-24-19(3)28-30(20(24)4)16-21-8-6-5-7-9-21/h5-14H,15-16H2,1-4H3,(H,26,31). The Labute approximate surface area is 182 Å². The van der Waals surface area contributed by atoms with E-state index in [9.17, 15) is 4.79 Å². The second-order valence-electron chi connectivity index (χ2n) is 7.92. The van der Waals surface area contributed by atoms with Crippen molar-refractivity contribution in [1.82, 2.24) is 19.6 Å². The molecule has 4 rings (SSSR count). The minimum Gasteiger partial charge on any atom is -0.319 e. The Bertz CT molecular complexity index is 1200. The minimum absolute atomic E-state index is 0.136. The van der Waals surface area contributed by atoms with E-state index in [0.717, 1.165) is 34.0 Å². The lowest BCUT2D eigenvalue weighted by Gasteiger charge is -2.09. The van der Waals surface area contributed by atoms with Crippen molar-refractivity contribution in [2.24, 2.45) is 0 Å². The van der Waals surface area contributed by atoms with Crippen LogP contribution in [0.3, 0.4) is 0 Å². The van der Waals surface area contributed by atoms with Crippen LogP contribution in [-0.2, 0) is 13.1 Å². The molecule has 2 aromatic heterocycles. The Morgan fingerprint density at radius 3 is 2.13 bits per heavy atom. The monoisotopic (exact) mass is 413 g/mol. The number of hydrogen-bond donors (Lipinski definition) is 1. The van der Waals surface area contributed by atoms with Crippen molar-refractivity contribution in [1.29, 1.82) is 0 Å². The fourth-order valence-corrected chi connectivity index (χ4v) is 3.74. The average molecular weight is 414 g/mol. The highest BCUT2D eigenvalue weighted by atomic mass is 16.1. The van der Waals surface area contributed by atoms with E-state index >= 15 is 0 Å². The number of amides is 1. The van der Waals surface area contributed by atoms with Gasteiger partial charge in [-0.25, -0.2) is 0 Å². The van der Waals surface area contributed by atoms with Crippen LogP contribution >= 0.6 is 0 Å². The summed E-state index contributed by atoms with van der Waals surface area (Å²) in [5, 5.41) is 12.2. The first-order valence-electron chi connectivity index (χ1n) is 10.4. The summed E-state index contributed by atoms with van der Waals surface area (Å²) in [6, 6.07) is 19.9. The minimum atomic E-state index is -0.136. The molecule has 0 spiro atoms. The first-order chi connectivity index (χ1) is 14.9. The summed E-state index contributed by atoms with van der Waals surface area (Å²) >= 11 is 0. The molecule has 0 aliphatic rings. The van der Waals surface area contributed by atoms with Crippen LogP contribution < -0.4 is 5.32 Å². The van der Waals surface area contributed by atoms with Gasteiger partial charge in [-0.05, 0) is 57.0 Å². The molecule has 0 aliphatic carbocycles. The Balaban J connectivity index is 1.46. The Kier molecular flexibility index (Phi) is 5.71. The fraction of sp³-hybridized carbons (Fsp3) is 0.240. The predicted molar refractivity (Wildman–Crippen MR) is 122 cm³/mol. The van der Waals surface area contributed by atoms with Gasteiger partial charge in [0.2, 0.25) is 0 Å². The van der Waals surface area contributed by atoms with Gasteiger partial charge in [0.05, 0.1) is 35.9 Å². The third-order valence-corrected chi connectivity index (χ3v) is 5.45. The van der Waals surface area contributed by atoms with E-state index in [1.165, 1.54) is 5.56 Å². The van der Waals surface area contributed by atoms with Gasteiger partial charge in [0, 0.05) is 11.3 Å². The van der Waals surface area contributed by atoms with Crippen LogP contribution in [0.5, 0.6) is 0 Å². The van der Waals surface area contributed by atoms with Crippen molar-refractivity contribution in [2.75, 3.05) is 5.32 Å². The quantitative estimate of drug-likeness (QED) is 0.500. The van der Waals surface area contributed by atoms with Crippen LogP contribution in [0.25, 0.3) is 0 Å². The molecule has 2 heterocycles. The van der Waals surface area contributed by atoms with E-state index in [-0.39, 0.29) is 5.91 Å². The number of carbonyl (C=O) groups is 1. The van der Waals surface area contributed by atoms with E-state index in [2.05, 4.69) is 33.7 Å². The molecule has 6 nitrogen and oxygen atoms in total. The second-order valence-corrected chi connectivity index (χ2v) is 7.92. The molecule has 1 N–H and O–H groups in total. The van der Waals surface area contributed by atoms with Crippen LogP contribution in [0.15, 0.2) is 60.7 Å². The maximum absolute atomic E-state index is 12.8. The summed E-state index contributed by atoms with van der Waals surface area (Å²) in [6.45, 7) is 9.29. The maximum Gasteiger partial charge on any atom is 0.255 e. The van der Waals surface area contributed by atoms with Gasteiger partial charge in [0.1, 0.15) is 0 Å². The molecule has 0 saturated heterocycles. The molecule has 2 aromatic carbocycles. The molecule has 0 unspecified atom stereocenters. The lowest BCUT2D eigenvalue weighted by atomic mass is 10.1. The van der Waals surface area contributed by atoms with E-state index in [4.69, 9.17) is 0 Å². The van der Waals surface area contributed by atoms with E-state index in [1.807, 2.05) is 79.5 Å². The van der Waals surface area contributed by atoms with Gasteiger partial charge in [0.15, 0.2) is 0 Å². The molecule has 0 fully saturated rings. The van der Waals surface area contributed by atoms with Crippen LogP contribution in [0, 0.1) is 27.7 Å². The molecular weight excluding hydrogens is 386 g/mol. The average Bonchev–Trinajstić information content (AvgIpc) is 3.21. The third-order valence-electron chi connectivity index (χ3n) is 5.45. The Hall–Kier alpha value is -3.67. The molecular formula is C25H27N5O. The molecule has 0 saturated carbocycles. The summed E-state index contributed by atoms with van der Waals surface area (Å²) < 4.78 is 3.90. The zero-order chi connectivity index (χ0) is 22.0. The van der Waals surface area contributed by atoms with Gasteiger partial charge >= 0.3 is 0 Å². The van der Waals surface area contributed by atoms with Gasteiger partial charge < -0.3 is 5.32 Å². The summed E-state index contributed by atoms with van der Waals surface area (Å²) in [4.78, 5) is 12.8. The van der Waals surface area contributed by atoms with Gasteiger partial charge in [-0.15, -0.1) is 0 Å². The number of nitrogens with zero attached hydrogens (tertiary/aromatic N) is 4. The number of benzene rings is 2. The predicted octanol–water partition coefficient (Wildman–Crippen LogP) is 4.66. The highest BCUT2D eigenvalue weighted by molar-refractivity contribution is 6.04. The van der Waals surface area contributed by atoms with Gasteiger partial charge in [-0.2, -0.15) is 10.2 Å². The molecule has 0 radical (unpaired) electrons. The molecule has 0 aliphatic heterocycles. The Morgan fingerprint density at radius 1 is 0.839 bits per heavy atom. The normalized spacial score (nSPS) is 11.0. The number of aryl methyl sites for hydroxylation is 3. The summed E-state index contributed by atoms with van der Waals surface area (Å²) in [6.07, 6.45) is 0. The highest BCUT2D eigenvalue weighted by Crippen LogP contribution is 2.21. The van der Waals surface area contributed by atoms with Crippen LogP contribution in [0.1, 0.15) is 44.3 Å². The lowest BCUT2D eigenvalue weighted by molar-refractivity contribution is 0.102. The number of aromatic nitrogens is 4. The highest BCUT2D eigenvalue weighted by Gasteiger charge is 2.15. The van der Waals surface area contributed by atoms with Crippen LogP contribution in [0.2, 0.25) is 0 Å². The van der Waals surface area contributed by atoms with Crippen molar-refractivity contribution in [3.63, 3.8) is 0 Å². The zero-order valence-corrected chi connectivity index (χ0v) is 18.4. The molecule has 0 atom stereocenters. The first-order valence-corrected chi connectivity index (χ1v) is 10.4. The molecule has 1 amide bonds. The summed E-state index contributed by atoms with van der Waals surface area (Å²) in [7, 11) is 0. The SMILES string of the molecule is Cc1cc(C)n(Cc2ccc(C(=O)Nc3c(C)nn(Cc4ccccc4)c3C)cc2)n1. The molecule has 6 heteroatoms. The van der Waals surface area contributed by atoms with Crippen molar-refractivity contribution >= 4 is 11.6 Å². The molecule has 4 aromatic rings. The fourth-order valence-electron chi connectivity index (χ4n) is 3.74. The summed E-state index contributed by atoms with van der Waals surface area (Å²) in [5.74, 6) is -0.136. The Morgan fingerprint density at radius 2 is 1.48 bits per heavy atom. The largest absolute Gasteiger partial charge is 0.319 e. The van der Waals surface area contributed by atoms with E-state index < -0.39 is 0 Å². The number of carbonyl (C=O) groups excluding carboxylic acids is 1. The lowest BCUT2D eigenvalue weighted by Crippen LogP contribution is -2.13. The maximum atomic E-state index is 12.8. The molecule has 158 valence electrons. The van der Waals surface area contributed by atoms with Crippen molar-refractivity contribution in [3.8, 4) is 0 Å². The number of nitrogens with one attached hydrogen (secondary N) is 1. The van der Waals surface area contributed by atoms with Gasteiger partial charge in [-0.3, -0.25) is 14.2 Å². The molecule has 31 heavy (non-hydrogen) atoms. The van der Waals surface area contributed by atoms with E-state index in [1.54, 1.807) is 0 Å². The van der Waals surface area contributed by atoms with Crippen molar-refractivity contribution < 1.29 is 4.79 Å². The van der Waals surface area contributed by atoms with Crippen molar-refractivity contribution in [2.45, 2.75) is 40.8 Å². The number of anilines is 1.